The van der Waals surface area contributed by atoms with Gasteiger partial charge < -0.3 is 10.5 Å². The van der Waals surface area contributed by atoms with Crippen LogP contribution in [0.3, 0.4) is 0 Å². The number of tetrazole rings is 1. The normalized spacial score (nSPS) is 10.3. The minimum absolute atomic E-state index is 0.640. The Hall–Kier alpha value is -2.11. The van der Waals surface area contributed by atoms with Gasteiger partial charge in [0.05, 0.1) is 7.11 Å². The summed E-state index contributed by atoms with van der Waals surface area (Å²) in [5, 5.41) is 11.2. The van der Waals surface area contributed by atoms with E-state index in [9.17, 15) is 0 Å². The SMILES string of the molecule is COc1cc(N)ccc1-n1nnnc1C. The first-order valence-corrected chi connectivity index (χ1v) is 4.41. The quantitative estimate of drug-likeness (QED) is 0.725. The zero-order chi connectivity index (χ0) is 10.8. The first-order valence-electron chi connectivity index (χ1n) is 4.41. The van der Waals surface area contributed by atoms with Crippen molar-refractivity contribution in [1.29, 1.82) is 0 Å². The number of anilines is 1. The number of methoxy groups -OCH3 is 1. The lowest BCUT2D eigenvalue weighted by Gasteiger charge is -2.08. The van der Waals surface area contributed by atoms with Crippen LogP contribution in [0.1, 0.15) is 5.82 Å². The highest BCUT2D eigenvalue weighted by atomic mass is 16.5. The molecule has 1 heterocycles. The maximum atomic E-state index is 5.65. The molecule has 0 aliphatic carbocycles. The van der Waals surface area contributed by atoms with Crippen molar-refractivity contribution in [2.45, 2.75) is 6.92 Å². The number of nitrogens with zero attached hydrogens (tertiary/aromatic N) is 4. The van der Waals surface area contributed by atoms with E-state index in [-0.39, 0.29) is 0 Å². The molecule has 2 N–H and O–H groups in total. The Balaban J connectivity index is 2.58. The van der Waals surface area contributed by atoms with Crippen molar-refractivity contribution in [3.05, 3.63) is 24.0 Å². The van der Waals surface area contributed by atoms with Crippen LogP contribution in [0.25, 0.3) is 5.69 Å². The van der Waals surface area contributed by atoms with Crippen molar-refractivity contribution in [2.24, 2.45) is 0 Å². The zero-order valence-corrected chi connectivity index (χ0v) is 8.51. The van der Waals surface area contributed by atoms with Gasteiger partial charge in [0.1, 0.15) is 11.4 Å². The van der Waals surface area contributed by atoms with Crippen molar-refractivity contribution in [3.63, 3.8) is 0 Å². The summed E-state index contributed by atoms with van der Waals surface area (Å²) in [6.07, 6.45) is 0. The number of aryl methyl sites for hydroxylation is 1. The third-order valence-corrected chi connectivity index (χ3v) is 2.06. The molecular weight excluding hydrogens is 194 g/mol. The van der Waals surface area contributed by atoms with E-state index in [0.717, 1.165) is 5.69 Å². The Morgan fingerprint density at radius 3 is 2.80 bits per heavy atom. The summed E-state index contributed by atoms with van der Waals surface area (Å²) in [4.78, 5) is 0. The van der Waals surface area contributed by atoms with Gasteiger partial charge in [0, 0.05) is 11.8 Å². The second kappa shape index (κ2) is 3.56. The van der Waals surface area contributed by atoms with Gasteiger partial charge in [-0.15, -0.1) is 5.10 Å². The van der Waals surface area contributed by atoms with Gasteiger partial charge in [-0.25, -0.2) is 0 Å². The Morgan fingerprint density at radius 2 is 2.20 bits per heavy atom. The third-order valence-electron chi connectivity index (χ3n) is 2.06. The van der Waals surface area contributed by atoms with E-state index in [2.05, 4.69) is 15.5 Å². The highest BCUT2D eigenvalue weighted by Crippen LogP contribution is 2.24. The van der Waals surface area contributed by atoms with E-state index < -0.39 is 0 Å². The fourth-order valence-corrected chi connectivity index (χ4v) is 1.32. The largest absolute Gasteiger partial charge is 0.494 e. The summed E-state index contributed by atoms with van der Waals surface area (Å²) in [6.45, 7) is 1.82. The number of nitrogens with two attached hydrogens (primary N) is 1. The zero-order valence-electron chi connectivity index (χ0n) is 8.51. The summed E-state index contributed by atoms with van der Waals surface area (Å²) in [5.74, 6) is 1.34. The molecule has 0 atom stereocenters. The van der Waals surface area contributed by atoms with Crippen molar-refractivity contribution in [3.8, 4) is 11.4 Å². The predicted octanol–water partition coefficient (Wildman–Crippen LogP) is 0.562. The van der Waals surface area contributed by atoms with Gasteiger partial charge >= 0.3 is 0 Å². The molecule has 0 spiro atoms. The van der Waals surface area contributed by atoms with Gasteiger partial charge in [0.15, 0.2) is 5.82 Å². The Morgan fingerprint density at radius 1 is 1.40 bits per heavy atom. The Bertz CT molecular complexity index is 479. The molecule has 78 valence electrons. The number of rotatable bonds is 2. The molecule has 0 aliphatic heterocycles. The first kappa shape index (κ1) is 9.45. The van der Waals surface area contributed by atoms with Crippen LogP contribution in [0, 0.1) is 6.92 Å². The number of nitrogen functional groups attached to an aromatic ring is 1. The maximum absolute atomic E-state index is 5.65. The van der Waals surface area contributed by atoms with E-state index in [4.69, 9.17) is 10.5 Å². The van der Waals surface area contributed by atoms with E-state index in [1.165, 1.54) is 0 Å². The summed E-state index contributed by atoms with van der Waals surface area (Å²) in [5.41, 5.74) is 7.07. The molecule has 0 saturated carbocycles. The highest BCUT2D eigenvalue weighted by Gasteiger charge is 2.09. The maximum Gasteiger partial charge on any atom is 0.153 e. The molecule has 2 aromatic rings. The van der Waals surface area contributed by atoms with E-state index in [1.54, 1.807) is 23.9 Å². The first-order chi connectivity index (χ1) is 7.22. The third kappa shape index (κ3) is 1.61. The molecule has 0 fully saturated rings. The van der Waals surface area contributed by atoms with Crippen LogP contribution in [-0.4, -0.2) is 27.3 Å². The van der Waals surface area contributed by atoms with Crippen LogP contribution in [-0.2, 0) is 0 Å². The average Bonchev–Trinajstić information content (AvgIpc) is 2.64. The van der Waals surface area contributed by atoms with Crippen LogP contribution in [0.2, 0.25) is 0 Å². The average molecular weight is 205 g/mol. The van der Waals surface area contributed by atoms with Gasteiger partial charge in [0.25, 0.3) is 0 Å². The van der Waals surface area contributed by atoms with E-state index >= 15 is 0 Å². The van der Waals surface area contributed by atoms with Crippen molar-refractivity contribution in [1.82, 2.24) is 20.2 Å². The van der Waals surface area contributed by atoms with Gasteiger partial charge in [-0.2, -0.15) is 4.68 Å². The van der Waals surface area contributed by atoms with Gasteiger partial charge in [-0.3, -0.25) is 0 Å². The molecule has 0 bridgehead atoms. The summed E-state index contributed by atoms with van der Waals surface area (Å²) < 4.78 is 6.80. The van der Waals surface area contributed by atoms with Crippen LogP contribution < -0.4 is 10.5 Å². The van der Waals surface area contributed by atoms with Gasteiger partial charge in [-0.1, -0.05) is 0 Å². The molecule has 0 unspecified atom stereocenters. The fraction of sp³-hybridized carbons (Fsp3) is 0.222. The smallest absolute Gasteiger partial charge is 0.153 e. The molecule has 0 amide bonds. The fourth-order valence-electron chi connectivity index (χ4n) is 1.32. The number of ether oxygens (including phenoxy) is 1. The lowest BCUT2D eigenvalue weighted by molar-refractivity contribution is 0.411. The standard InChI is InChI=1S/C9H11N5O/c1-6-11-12-13-14(6)8-4-3-7(10)5-9(8)15-2/h3-5H,10H2,1-2H3. The molecule has 1 aromatic heterocycles. The molecular formula is C9H11N5O. The Labute approximate surface area is 86.7 Å². The molecule has 0 saturated heterocycles. The topological polar surface area (TPSA) is 78.9 Å². The van der Waals surface area contributed by atoms with Crippen LogP contribution in [0.15, 0.2) is 18.2 Å². The minimum Gasteiger partial charge on any atom is -0.494 e. The van der Waals surface area contributed by atoms with Crippen LogP contribution in [0.5, 0.6) is 5.75 Å². The molecule has 0 aliphatic rings. The molecule has 6 heteroatoms. The molecule has 6 nitrogen and oxygen atoms in total. The molecule has 15 heavy (non-hydrogen) atoms. The monoisotopic (exact) mass is 205 g/mol. The van der Waals surface area contributed by atoms with Gasteiger partial charge in [-0.05, 0) is 29.5 Å². The molecule has 1 aromatic carbocycles. The lowest BCUT2D eigenvalue weighted by atomic mass is 10.2. The van der Waals surface area contributed by atoms with Crippen LogP contribution in [0.4, 0.5) is 5.69 Å². The summed E-state index contributed by atoms with van der Waals surface area (Å²) >= 11 is 0. The van der Waals surface area contributed by atoms with E-state index in [0.29, 0.717) is 17.3 Å². The van der Waals surface area contributed by atoms with E-state index in [1.807, 2.05) is 13.0 Å². The highest BCUT2D eigenvalue weighted by molar-refractivity contribution is 5.55. The number of aromatic nitrogens is 4. The predicted molar refractivity (Wildman–Crippen MR) is 54.9 cm³/mol. The molecule has 0 radical (unpaired) electrons. The second-order valence-electron chi connectivity index (χ2n) is 3.07. The van der Waals surface area contributed by atoms with Crippen LogP contribution >= 0.6 is 0 Å². The Kier molecular flexibility index (Phi) is 2.24. The minimum atomic E-state index is 0.640. The number of benzene rings is 1. The molecule has 2 rings (SSSR count). The van der Waals surface area contributed by atoms with Crippen molar-refractivity contribution in [2.75, 3.05) is 12.8 Å². The lowest BCUT2D eigenvalue weighted by Crippen LogP contribution is -2.02. The van der Waals surface area contributed by atoms with Crippen molar-refractivity contribution >= 4 is 5.69 Å². The summed E-state index contributed by atoms with van der Waals surface area (Å²) in [7, 11) is 1.58. The number of hydrogen-bond acceptors (Lipinski definition) is 5. The van der Waals surface area contributed by atoms with Crippen molar-refractivity contribution < 1.29 is 4.74 Å². The summed E-state index contributed by atoms with van der Waals surface area (Å²) in [6, 6.07) is 5.33. The number of hydrogen-bond donors (Lipinski definition) is 1. The second-order valence-corrected chi connectivity index (χ2v) is 3.07. The van der Waals surface area contributed by atoms with Gasteiger partial charge in [0.2, 0.25) is 0 Å².